The third kappa shape index (κ3) is 2.39. The number of benzene rings is 2. The minimum absolute atomic E-state index is 0.146. The van der Waals surface area contributed by atoms with Crippen LogP contribution in [0.1, 0.15) is 48.8 Å². The molecule has 0 spiro atoms. The van der Waals surface area contributed by atoms with Gasteiger partial charge in [0.1, 0.15) is 0 Å². The van der Waals surface area contributed by atoms with Crippen LogP contribution in [0.3, 0.4) is 0 Å². The van der Waals surface area contributed by atoms with Crippen LogP contribution in [0.25, 0.3) is 10.8 Å². The topological polar surface area (TPSA) is 0 Å². The van der Waals surface area contributed by atoms with E-state index in [9.17, 15) is 0 Å². The number of alkyl halides is 1. The van der Waals surface area contributed by atoms with Crippen molar-refractivity contribution in [3.63, 3.8) is 0 Å². The molecule has 0 fully saturated rings. The van der Waals surface area contributed by atoms with Crippen LogP contribution in [0.5, 0.6) is 0 Å². The zero-order valence-electron chi connectivity index (χ0n) is 11.7. The van der Waals surface area contributed by atoms with Gasteiger partial charge in [-0.15, -0.1) is 11.6 Å². The average Bonchev–Trinajstić information content (AvgIpc) is 2.82. The molecule has 19 heavy (non-hydrogen) atoms. The lowest BCUT2D eigenvalue weighted by molar-refractivity contribution is 0.550. The van der Waals surface area contributed by atoms with Crippen LogP contribution >= 0.6 is 11.6 Å². The van der Waals surface area contributed by atoms with E-state index in [1.807, 2.05) is 0 Å². The van der Waals surface area contributed by atoms with E-state index in [-0.39, 0.29) is 5.38 Å². The first-order chi connectivity index (χ1) is 9.16. The summed E-state index contributed by atoms with van der Waals surface area (Å²) in [5.74, 6) is 0.720. The number of aryl methyl sites for hydroxylation is 2. The first kappa shape index (κ1) is 13.0. The van der Waals surface area contributed by atoms with Gasteiger partial charge in [0.05, 0.1) is 5.38 Å². The van der Waals surface area contributed by atoms with Gasteiger partial charge >= 0.3 is 0 Å². The van der Waals surface area contributed by atoms with Gasteiger partial charge in [0.15, 0.2) is 0 Å². The minimum Gasteiger partial charge on any atom is -0.118 e. The number of hydrogen-bond acceptors (Lipinski definition) is 0. The lowest BCUT2D eigenvalue weighted by Gasteiger charge is -2.15. The largest absolute Gasteiger partial charge is 0.118 e. The second-order valence-electron chi connectivity index (χ2n) is 6.09. The van der Waals surface area contributed by atoms with Gasteiger partial charge in [-0.25, -0.2) is 0 Å². The molecule has 0 nitrogen and oxygen atoms in total. The van der Waals surface area contributed by atoms with E-state index in [0.29, 0.717) is 0 Å². The molecular formula is C18H21Cl. The monoisotopic (exact) mass is 272 g/mol. The van der Waals surface area contributed by atoms with Crippen LogP contribution in [0, 0.1) is 5.92 Å². The predicted octanol–water partition coefficient (Wildman–Crippen LogP) is 5.65. The highest BCUT2D eigenvalue weighted by molar-refractivity contribution is 6.22. The fourth-order valence-corrected chi connectivity index (χ4v) is 3.49. The third-order valence-corrected chi connectivity index (χ3v) is 4.70. The van der Waals surface area contributed by atoms with Crippen molar-refractivity contribution < 1.29 is 0 Å². The molecule has 1 heteroatoms. The SMILES string of the molecule is CC(C)CCC(Cl)c1ccc2c3c(cccc13)CC2. The summed E-state index contributed by atoms with van der Waals surface area (Å²) in [6.07, 6.45) is 4.64. The van der Waals surface area contributed by atoms with E-state index in [2.05, 4.69) is 44.2 Å². The van der Waals surface area contributed by atoms with Crippen LogP contribution in [0.15, 0.2) is 30.3 Å². The lowest BCUT2D eigenvalue weighted by atomic mass is 9.95. The van der Waals surface area contributed by atoms with Crippen molar-refractivity contribution >= 4 is 22.4 Å². The van der Waals surface area contributed by atoms with Gasteiger partial charge in [-0.1, -0.05) is 44.2 Å². The molecule has 100 valence electrons. The fourth-order valence-electron chi connectivity index (χ4n) is 3.18. The van der Waals surface area contributed by atoms with Gasteiger partial charge in [0.25, 0.3) is 0 Å². The Balaban J connectivity index is 2.01. The van der Waals surface area contributed by atoms with E-state index < -0.39 is 0 Å². The van der Waals surface area contributed by atoms with Crippen molar-refractivity contribution in [3.05, 3.63) is 47.0 Å². The molecule has 1 unspecified atom stereocenters. The van der Waals surface area contributed by atoms with Crippen LogP contribution in [-0.4, -0.2) is 0 Å². The Hall–Kier alpha value is -1.01. The lowest BCUT2D eigenvalue weighted by Crippen LogP contribution is -1.96. The van der Waals surface area contributed by atoms with E-state index in [1.54, 1.807) is 0 Å². The van der Waals surface area contributed by atoms with E-state index >= 15 is 0 Å². The first-order valence-corrected chi connectivity index (χ1v) is 7.78. The Kier molecular flexibility index (Phi) is 3.54. The zero-order valence-corrected chi connectivity index (χ0v) is 12.5. The Morgan fingerprint density at radius 1 is 1.00 bits per heavy atom. The summed E-state index contributed by atoms with van der Waals surface area (Å²) >= 11 is 6.65. The van der Waals surface area contributed by atoms with Crippen molar-refractivity contribution in [1.82, 2.24) is 0 Å². The van der Waals surface area contributed by atoms with E-state index in [0.717, 1.165) is 12.3 Å². The summed E-state index contributed by atoms with van der Waals surface area (Å²) in [5.41, 5.74) is 4.33. The van der Waals surface area contributed by atoms with Crippen LogP contribution in [-0.2, 0) is 12.8 Å². The summed E-state index contributed by atoms with van der Waals surface area (Å²) in [6.45, 7) is 4.52. The number of hydrogen-bond donors (Lipinski definition) is 0. The molecule has 1 atom stereocenters. The van der Waals surface area contributed by atoms with Crippen molar-refractivity contribution in [2.45, 2.75) is 44.9 Å². The quantitative estimate of drug-likeness (QED) is 0.631. The molecule has 0 bridgehead atoms. The van der Waals surface area contributed by atoms with Crippen molar-refractivity contribution in [2.24, 2.45) is 5.92 Å². The van der Waals surface area contributed by atoms with Crippen molar-refractivity contribution in [2.75, 3.05) is 0 Å². The average molecular weight is 273 g/mol. The Morgan fingerprint density at radius 3 is 2.47 bits per heavy atom. The summed E-state index contributed by atoms with van der Waals surface area (Å²) in [5, 5.41) is 3.01. The molecule has 2 aromatic rings. The van der Waals surface area contributed by atoms with Crippen molar-refractivity contribution in [3.8, 4) is 0 Å². The molecule has 0 aromatic heterocycles. The van der Waals surface area contributed by atoms with Crippen molar-refractivity contribution in [1.29, 1.82) is 0 Å². The van der Waals surface area contributed by atoms with Crippen LogP contribution in [0.2, 0.25) is 0 Å². The fraction of sp³-hybridized carbons (Fsp3) is 0.444. The molecule has 0 saturated heterocycles. The standard InChI is InChI=1S/C18H21Cl/c1-12(2)6-11-17(19)15-10-9-14-8-7-13-4-3-5-16(15)18(13)14/h3-5,9-10,12,17H,6-8,11H2,1-2H3. The summed E-state index contributed by atoms with van der Waals surface area (Å²) in [6, 6.07) is 11.2. The smallest absolute Gasteiger partial charge is 0.0591 e. The highest BCUT2D eigenvalue weighted by Crippen LogP contribution is 2.38. The van der Waals surface area contributed by atoms with Gasteiger partial charge in [0.2, 0.25) is 0 Å². The minimum atomic E-state index is 0.146. The normalized spacial score (nSPS) is 15.4. The molecular weight excluding hydrogens is 252 g/mol. The van der Waals surface area contributed by atoms with Crippen LogP contribution in [0.4, 0.5) is 0 Å². The molecule has 0 amide bonds. The molecule has 2 aromatic carbocycles. The zero-order chi connectivity index (χ0) is 13.4. The number of halogens is 1. The van der Waals surface area contributed by atoms with Crippen LogP contribution < -0.4 is 0 Å². The Morgan fingerprint density at radius 2 is 1.74 bits per heavy atom. The van der Waals surface area contributed by atoms with E-state index in [1.165, 1.54) is 46.7 Å². The molecule has 0 saturated carbocycles. The Labute approximate surface area is 120 Å². The maximum Gasteiger partial charge on any atom is 0.0591 e. The summed E-state index contributed by atoms with van der Waals surface area (Å²) < 4.78 is 0. The number of rotatable bonds is 4. The second-order valence-corrected chi connectivity index (χ2v) is 6.62. The molecule has 3 rings (SSSR count). The van der Waals surface area contributed by atoms with Gasteiger partial charge < -0.3 is 0 Å². The predicted molar refractivity (Wildman–Crippen MR) is 84.0 cm³/mol. The molecule has 1 aliphatic rings. The summed E-state index contributed by atoms with van der Waals surface area (Å²) in [7, 11) is 0. The molecule has 0 heterocycles. The highest BCUT2D eigenvalue weighted by Gasteiger charge is 2.18. The molecule has 0 aliphatic heterocycles. The molecule has 0 N–H and O–H groups in total. The highest BCUT2D eigenvalue weighted by atomic mass is 35.5. The van der Waals surface area contributed by atoms with E-state index in [4.69, 9.17) is 11.6 Å². The van der Waals surface area contributed by atoms with Gasteiger partial charge in [0, 0.05) is 0 Å². The molecule has 1 aliphatic carbocycles. The Bertz CT molecular complexity index is 588. The van der Waals surface area contributed by atoms with Gasteiger partial charge in [-0.3, -0.25) is 0 Å². The maximum absolute atomic E-state index is 6.65. The summed E-state index contributed by atoms with van der Waals surface area (Å²) in [4.78, 5) is 0. The first-order valence-electron chi connectivity index (χ1n) is 7.34. The third-order valence-electron chi connectivity index (χ3n) is 4.25. The molecule has 0 radical (unpaired) electrons. The maximum atomic E-state index is 6.65. The van der Waals surface area contributed by atoms with Gasteiger partial charge in [-0.2, -0.15) is 0 Å². The van der Waals surface area contributed by atoms with Gasteiger partial charge in [-0.05, 0) is 59.1 Å². The second kappa shape index (κ2) is 5.17.